The molecule has 9 nitrogen and oxygen atoms in total. The maximum atomic E-state index is 5.82. The smallest absolute Gasteiger partial charge is 0.323 e. The lowest BCUT2D eigenvalue weighted by molar-refractivity contribution is 0.0178. The van der Waals surface area contributed by atoms with Crippen LogP contribution in [-0.4, -0.2) is 49.0 Å². The summed E-state index contributed by atoms with van der Waals surface area (Å²) in [6.07, 6.45) is 7.00. The minimum Gasteiger partial charge on any atom is -0.460 e. The van der Waals surface area contributed by atoms with Crippen molar-refractivity contribution in [2.24, 2.45) is 0 Å². The van der Waals surface area contributed by atoms with Crippen LogP contribution in [0.25, 0.3) is 5.95 Å². The molecule has 2 aromatic rings. The molecular formula is C12H17N7O2. The standard InChI is InChI=1S/C12H17N7O2/c1-20-8-3-2-4-9(5-8)21-12-17-10(13)16-11(18-12)19-7-14-6-15-19/h6-9H,2-5H2,1H3,(H2,13,16,17,18). The van der Waals surface area contributed by atoms with Crippen LogP contribution in [0.15, 0.2) is 12.7 Å². The van der Waals surface area contributed by atoms with Crippen LogP contribution in [0.2, 0.25) is 0 Å². The molecule has 112 valence electrons. The number of methoxy groups -OCH3 is 1. The number of aromatic nitrogens is 6. The van der Waals surface area contributed by atoms with Gasteiger partial charge in [0.15, 0.2) is 0 Å². The van der Waals surface area contributed by atoms with Gasteiger partial charge in [-0.3, -0.25) is 0 Å². The van der Waals surface area contributed by atoms with Crippen molar-refractivity contribution in [2.75, 3.05) is 12.8 Å². The van der Waals surface area contributed by atoms with Crippen molar-refractivity contribution in [3.05, 3.63) is 12.7 Å². The van der Waals surface area contributed by atoms with Crippen LogP contribution in [0.5, 0.6) is 6.01 Å². The maximum absolute atomic E-state index is 5.82. The van der Waals surface area contributed by atoms with Gasteiger partial charge in [0.2, 0.25) is 5.95 Å². The van der Waals surface area contributed by atoms with Gasteiger partial charge in [-0.05, 0) is 19.3 Å². The van der Waals surface area contributed by atoms with Crippen LogP contribution < -0.4 is 10.5 Å². The maximum Gasteiger partial charge on any atom is 0.323 e. The zero-order valence-corrected chi connectivity index (χ0v) is 11.7. The number of anilines is 1. The molecule has 21 heavy (non-hydrogen) atoms. The Hall–Kier alpha value is -2.29. The zero-order valence-electron chi connectivity index (χ0n) is 11.7. The van der Waals surface area contributed by atoms with Gasteiger partial charge >= 0.3 is 6.01 Å². The molecule has 0 saturated heterocycles. The van der Waals surface area contributed by atoms with Gasteiger partial charge in [0.05, 0.1) is 6.10 Å². The van der Waals surface area contributed by atoms with Gasteiger partial charge in [-0.25, -0.2) is 4.98 Å². The van der Waals surface area contributed by atoms with Gasteiger partial charge in [-0.15, -0.1) is 0 Å². The molecule has 1 fully saturated rings. The lowest BCUT2D eigenvalue weighted by Gasteiger charge is -2.27. The van der Waals surface area contributed by atoms with E-state index in [2.05, 4.69) is 25.0 Å². The summed E-state index contributed by atoms with van der Waals surface area (Å²) in [4.78, 5) is 16.1. The molecule has 9 heteroatoms. The van der Waals surface area contributed by atoms with E-state index in [0.29, 0.717) is 0 Å². The summed E-state index contributed by atoms with van der Waals surface area (Å²) in [7, 11) is 1.72. The van der Waals surface area contributed by atoms with E-state index >= 15 is 0 Å². The summed E-state index contributed by atoms with van der Waals surface area (Å²) in [5.41, 5.74) is 5.70. The van der Waals surface area contributed by atoms with E-state index in [-0.39, 0.29) is 30.1 Å². The second kappa shape index (κ2) is 6.00. The van der Waals surface area contributed by atoms with Crippen molar-refractivity contribution in [3.8, 4) is 12.0 Å². The van der Waals surface area contributed by atoms with Crippen molar-refractivity contribution in [1.82, 2.24) is 29.7 Å². The molecule has 0 bridgehead atoms. The number of nitrogens with zero attached hydrogens (tertiary/aromatic N) is 6. The van der Waals surface area contributed by atoms with E-state index in [1.165, 1.54) is 17.3 Å². The van der Waals surface area contributed by atoms with Crippen molar-refractivity contribution >= 4 is 5.95 Å². The predicted molar refractivity (Wildman–Crippen MR) is 72.8 cm³/mol. The molecule has 2 atom stereocenters. The Bertz CT molecular complexity index is 589. The zero-order chi connectivity index (χ0) is 14.7. The third-order valence-corrected chi connectivity index (χ3v) is 3.43. The highest BCUT2D eigenvalue weighted by molar-refractivity contribution is 5.24. The van der Waals surface area contributed by atoms with Crippen LogP contribution >= 0.6 is 0 Å². The first kappa shape index (κ1) is 13.7. The van der Waals surface area contributed by atoms with Crippen LogP contribution in [0.3, 0.4) is 0 Å². The monoisotopic (exact) mass is 291 g/mol. The first-order valence-electron chi connectivity index (χ1n) is 6.80. The molecule has 2 N–H and O–H groups in total. The highest BCUT2D eigenvalue weighted by Crippen LogP contribution is 2.24. The summed E-state index contributed by atoms with van der Waals surface area (Å²) in [5, 5.41) is 3.96. The largest absolute Gasteiger partial charge is 0.460 e. The second-order valence-corrected chi connectivity index (χ2v) is 4.88. The molecular weight excluding hydrogens is 274 g/mol. The molecule has 0 aromatic carbocycles. The van der Waals surface area contributed by atoms with Crippen LogP contribution in [-0.2, 0) is 4.74 Å². The molecule has 2 aromatic heterocycles. The Morgan fingerprint density at radius 1 is 1.24 bits per heavy atom. The minimum atomic E-state index is 0.0223. The highest BCUT2D eigenvalue weighted by atomic mass is 16.5. The topological polar surface area (TPSA) is 114 Å². The van der Waals surface area contributed by atoms with Crippen molar-refractivity contribution < 1.29 is 9.47 Å². The summed E-state index contributed by atoms with van der Waals surface area (Å²) < 4.78 is 12.6. The van der Waals surface area contributed by atoms with E-state index in [1.54, 1.807) is 7.11 Å². The lowest BCUT2D eigenvalue weighted by Crippen LogP contribution is -2.30. The number of hydrogen-bond acceptors (Lipinski definition) is 8. The first-order chi connectivity index (χ1) is 10.2. The molecule has 0 spiro atoms. The molecule has 1 aliphatic carbocycles. The summed E-state index contributed by atoms with van der Waals surface area (Å²) in [6, 6.07) is 0.203. The summed E-state index contributed by atoms with van der Waals surface area (Å²) in [6.45, 7) is 0. The average molecular weight is 291 g/mol. The fraction of sp³-hybridized carbons (Fsp3) is 0.583. The molecule has 0 aliphatic heterocycles. The molecule has 1 aliphatic rings. The van der Waals surface area contributed by atoms with Crippen molar-refractivity contribution in [1.29, 1.82) is 0 Å². The number of hydrogen-bond donors (Lipinski definition) is 1. The molecule has 0 amide bonds. The van der Waals surface area contributed by atoms with Crippen LogP contribution in [0, 0.1) is 0 Å². The first-order valence-corrected chi connectivity index (χ1v) is 6.80. The third kappa shape index (κ3) is 3.24. The summed E-state index contributed by atoms with van der Waals surface area (Å²) in [5.74, 6) is 0.374. The number of nitrogen functional groups attached to an aromatic ring is 1. The lowest BCUT2D eigenvalue weighted by atomic mass is 9.95. The Morgan fingerprint density at radius 3 is 2.86 bits per heavy atom. The number of ether oxygens (including phenoxy) is 2. The third-order valence-electron chi connectivity index (χ3n) is 3.43. The molecule has 2 heterocycles. The van der Waals surface area contributed by atoms with Crippen molar-refractivity contribution in [3.63, 3.8) is 0 Å². The number of nitrogens with two attached hydrogens (primary N) is 1. The Morgan fingerprint density at radius 2 is 2.10 bits per heavy atom. The number of rotatable bonds is 4. The van der Waals surface area contributed by atoms with Crippen LogP contribution in [0.4, 0.5) is 5.95 Å². The Kier molecular flexibility index (Phi) is 3.91. The normalized spacial score (nSPS) is 22.1. The van der Waals surface area contributed by atoms with E-state index < -0.39 is 0 Å². The Labute approximate surface area is 121 Å². The van der Waals surface area contributed by atoms with E-state index in [1.807, 2.05) is 0 Å². The average Bonchev–Trinajstić information content (AvgIpc) is 3.01. The van der Waals surface area contributed by atoms with Crippen LogP contribution in [0.1, 0.15) is 25.7 Å². The molecule has 0 radical (unpaired) electrons. The molecule has 1 saturated carbocycles. The van der Waals surface area contributed by atoms with Gasteiger partial charge in [-0.1, -0.05) is 0 Å². The highest BCUT2D eigenvalue weighted by Gasteiger charge is 2.24. The van der Waals surface area contributed by atoms with Gasteiger partial charge in [0.1, 0.15) is 18.8 Å². The van der Waals surface area contributed by atoms with Gasteiger partial charge in [0.25, 0.3) is 5.95 Å². The Balaban J connectivity index is 1.76. The van der Waals surface area contributed by atoms with E-state index in [9.17, 15) is 0 Å². The van der Waals surface area contributed by atoms with Crippen molar-refractivity contribution in [2.45, 2.75) is 37.9 Å². The molecule has 3 rings (SSSR count). The van der Waals surface area contributed by atoms with Gasteiger partial charge < -0.3 is 15.2 Å². The van der Waals surface area contributed by atoms with Gasteiger partial charge in [-0.2, -0.15) is 24.7 Å². The van der Waals surface area contributed by atoms with E-state index in [4.69, 9.17) is 15.2 Å². The fourth-order valence-corrected chi connectivity index (χ4v) is 2.40. The fourth-order valence-electron chi connectivity index (χ4n) is 2.40. The SMILES string of the molecule is COC1CCCC(Oc2nc(N)nc(-n3cncn3)n2)C1. The quantitative estimate of drug-likeness (QED) is 0.859. The van der Waals surface area contributed by atoms with Gasteiger partial charge in [0, 0.05) is 13.5 Å². The minimum absolute atomic E-state index is 0.0223. The second-order valence-electron chi connectivity index (χ2n) is 4.88. The summed E-state index contributed by atoms with van der Waals surface area (Å²) >= 11 is 0. The predicted octanol–water partition coefficient (Wildman–Crippen LogP) is 0.371. The molecule has 2 unspecified atom stereocenters. The van der Waals surface area contributed by atoms with E-state index in [0.717, 1.165) is 25.7 Å².